The Bertz CT molecular complexity index is 533. The van der Waals surface area contributed by atoms with Gasteiger partial charge in [-0.3, -0.25) is 0 Å². The number of halogens is 1. The molecular formula is C14H15ClN2. The van der Waals surface area contributed by atoms with Crippen LogP contribution in [0.4, 0.5) is 5.69 Å². The first-order valence-electron chi connectivity index (χ1n) is 5.98. The number of hydrogen-bond donors (Lipinski definition) is 1. The van der Waals surface area contributed by atoms with Crippen LogP contribution in [0.15, 0.2) is 36.4 Å². The molecule has 0 aliphatic carbocycles. The first-order valence-corrected chi connectivity index (χ1v) is 6.36. The number of nitrogens with zero attached hydrogens (tertiary/aromatic N) is 1. The van der Waals surface area contributed by atoms with Gasteiger partial charge < -0.3 is 10.2 Å². The van der Waals surface area contributed by atoms with Gasteiger partial charge in [-0.25, -0.2) is 0 Å². The van der Waals surface area contributed by atoms with Gasteiger partial charge in [0.25, 0.3) is 0 Å². The summed E-state index contributed by atoms with van der Waals surface area (Å²) in [6.45, 7) is 4.26. The van der Waals surface area contributed by atoms with Crippen molar-refractivity contribution in [1.29, 1.82) is 0 Å². The molecule has 17 heavy (non-hydrogen) atoms. The lowest BCUT2D eigenvalue weighted by atomic mass is 10.1. The highest BCUT2D eigenvalue weighted by atomic mass is 35.5. The molecule has 3 heteroatoms. The van der Waals surface area contributed by atoms with E-state index in [4.69, 9.17) is 11.6 Å². The van der Waals surface area contributed by atoms with E-state index in [0.29, 0.717) is 0 Å². The van der Waals surface area contributed by atoms with Gasteiger partial charge >= 0.3 is 0 Å². The molecule has 88 valence electrons. The predicted octanol–water partition coefficient (Wildman–Crippen LogP) is 2.90. The monoisotopic (exact) mass is 246 g/mol. The third-order valence-electron chi connectivity index (χ3n) is 3.28. The van der Waals surface area contributed by atoms with Crippen molar-refractivity contribution in [3.8, 4) is 0 Å². The first kappa shape index (κ1) is 10.9. The fourth-order valence-corrected chi connectivity index (χ4v) is 2.60. The lowest BCUT2D eigenvalue weighted by Crippen LogP contribution is -2.43. The third kappa shape index (κ3) is 2.11. The minimum atomic E-state index is 0.801. The van der Waals surface area contributed by atoms with Gasteiger partial charge in [-0.2, -0.15) is 0 Å². The van der Waals surface area contributed by atoms with Crippen molar-refractivity contribution < 1.29 is 0 Å². The van der Waals surface area contributed by atoms with Gasteiger partial charge in [-0.05, 0) is 23.6 Å². The van der Waals surface area contributed by atoms with E-state index in [1.54, 1.807) is 0 Å². The molecule has 2 aromatic rings. The van der Waals surface area contributed by atoms with Gasteiger partial charge in [0.2, 0.25) is 0 Å². The maximum absolute atomic E-state index is 6.03. The van der Waals surface area contributed by atoms with E-state index < -0.39 is 0 Å². The SMILES string of the molecule is Clc1ccc2c(N3CCNCC3)cccc2c1. The topological polar surface area (TPSA) is 15.3 Å². The summed E-state index contributed by atoms with van der Waals surface area (Å²) in [6, 6.07) is 12.5. The molecule has 1 N–H and O–H groups in total. The molecule has 1 aliphatic heterocycles. The van der Waals surface area contributed by atoms with Gasteiger partial charge in [0.1, 0.15) is 0 Å². The number of benzene rings is 2. The summed E-state index contributed by atoms with van der Waals surface area (Å²) in [7, 11) is 0. The number of hydrogen-bond acceptors (Lipinski definition) is 2. The summed E-state index contributed by atoms with van der Waals surface area (Å²) >= 11 is 6.03. The Morgan fingerprint density at radius 2 is 1.88 bits per heavy atom. The Kier molecular flexibility index (Phi) is 2.91. The van der Waals surface area contributed by atoms with Crippen molar-refractivity contribution >= 4 is 28.1 Å². The summed E-state index contributed by atoms with van der Waals surface area (Å²) in [5.74, 6) is 0. The van der Waals surface area contributed by atoms with Crippen LogP contribution in [0.25, 0.3) is 10.8 Å². The summed E-state index contributed by atoms with van der Waals surface area (Å²) in [6.07, 6.45) is 0. The average molecular weight is 247 g/mol. The molecule has 1 heterocycles. The number of anilines is 1. The second kappa shape index (κ2) is 4.55. The fourth-order valence-electron chi connectivity index (χ4n) is 2.42. The number of fused-ring (bicyclic) bond motifs is 1. The highest BCUT2D eigenvalue weighted by Gasteiger charge is 2.12. The molecule has 0 bridgehead atoms. The van der Waals surface area contributed by atoms with Crippen molar-refractivity contribution in [3.63, 3.8) is 0 Å². The van der Waals surface area contributed by atoms with E-state index in [1.165, 1.54) is 16.5 Å². The largest absolute Gasteiger partial charge is 0.368 e. The molecule has 0 atom stereocenters. The highest BCUT2D eigenvalue weighted by molar-refractivity contribution is 6.31. The average Bonchev–Trinajstić information content (AvgIpc) is 2.39. The normalized spacial score (nSPS) is 16.4. The molecule has 0 radical (unpaired) electrons. The number of piperazine rings is 1. The van der Waals surface area contributed by atoms with Gasteiger partial charge in [0.05, 0.1) is 0 Å². The van der Waals surface area contributed by atoms with E-state index in [2.05, 4.69) is 34.5 Å². The minimum Gasteiger partial charge on any atom is -0.368 e. The zero-order chi connectivity index (χ0) is 11.7. The van der Waals surface area contributed by atoms with Crippen molar-refractivity contribution in [2.75, 3.05) is 31.1 Å². The van der Waals surface area contributed by atoms with Gasteiger partial charge in [0, 0.05) is 42.3 Å². The molecule has 0 spiro atoms. The Balaban J connectivity index is 2.09. The minimum absolute atomic E-state index is 0.801. The summed E-state index contributed by atoms with van der Waals surface area (Å²) in [4.78, 5) is 2.44. The molecule has 0 unspecified atom stereocenters. The molecular weight excluding hydrogens is 232 g/mol. The Morgan fingerprint density at radius 3 is 2.71 bits per heavy atom. The lowest BCUT2D eigenvalue weighted by Gasteiger charge is -2.30. The molecule has 1 saturated heterocycles. The molecule has 1 fully saturated rings. The quantitative estimate of drug-likeness (QED) is 0.833. The predicted molar refractivity (Wildman–Crippen MR) is 74.0 cm³/mol. The van der Waals surface area contributed by atoms with Crippen LogP contribution in [0.5, 0.6) is 0 Å². The highest BCUT2D eigenvalue weighted by Crippen LogP contribution is 2.28. The van der Waals surface area contributed by atoms with Gasteiger partial charge in [-0.15, -0.1) is 0 Å². The van der Waals surface area contributed by atoms with Gasteiger partial charge in [-0.1, -0.05) is 29.8 Å². The Hall–Kier alpha value is -1.25. The van der Waals surface area contributed by atoms with Crippen LogP contribution in [0.1, 0.15) is 0 Å². The second-order valence-corrected chi connectivity index (χ2v) is 4.82. The van der Waals surface area contributed by atoms with E-state index in [0.717, 1.165) is 31.2 Å². The summed E-state index contributed by atoms with van der Waals surface area (Å²) < 4.78 is 0. The van der Waals surface area contributed by atoms with Crippen LogP contribution in [-0.4, -0.2) is 26.2 Å². The van der Waals surface area contributed by atoms with Crippen LogP contribution in [0.3, 0.4) is 0 Å². The van der Waals surface area contributed by atoms with Crippen molar-refractivity contribution in [3.05, 3.63) is 41.4 Å². The molecule has 0 saturated carbocycles. The Labute approximate surface area is 106 Å². The summed E-state index contributed by atoms with van der Waals surface area (Å²) in [5, 5.41) is 6.69. The third-order valence-corrected chi connectivity index (χ3v) is 3.51. The Morgan fingerprint density at radius 1 is 1.06 bits per heavy atom. The molecule has 0 amide bonds. The van der Waals surface area contributed by atoms with E-state index >= 15 is 0 Å². The molecule has 3 rings (SSSR count). The van der Waals surface area contributed by atoms with E-state index in [9.17, 15) is 0 Å². The van der Waals surface area contributed by atoms with Crippen molar-refractivity contribution in [2.45, 2.75) is 0 Å². The smallest absolute Gasteiger partial charge is 0.0446 e. The summed E-state index contributed by atoms with van der Waals surface area (Å²) in [5.41, 5.74) is 1.32. The zero-order valence-electron chi connectivity index (χ0n) is 9.62. The second-order valence-electron chi connectivity index (χ2n) is 4.38. The zero-order valence-corrected chi connectivity index (χ0v) is 10.4. The lowest BCUT2D eigenvalue weighted by molar-refractivity contribution is 0.590. The van der Waals surface area contributed by atoms with Crippen LogP contribution in [-0.2, 0) is 0 Å². The first-order chi connectivity index (χ1) is 8.34. The molecule has 0 aromatic heterocycles. The van der Waals surface area contributed by atoms with Crippen LogP contribution in [0.2, 0.25) is 5.02 Å². The number of nitrogens with one attached hydrogen (secondary N) is 1. The van der Waals surface area contributed by atoms with E-state index in [1.807, 2.05) is 12.1 Å². The molecule has 2 nitrogen and oxygen atoms in total. The maximum Gasteiger partial charge on any atom is 0.0446 e. The van der Waals surface area contributed by atoms with E-state index in [-0.39, 0.29) is 0 Å². The molecule has 2 aromatic carbocycles. The fraction of sp³-hybridized carbons (Fsp3) is 0.286. The van der Waals surface area contributed by atoms with Crippen LogP contribution < -0.4 is 10.2 Å². The maximum atomic E-state index is 6.03. The van der Waals surface area contributed by atoms with Gasteiger partial charge in [0.15, 0.2) is 0 Å². The van der Waals surface area contributed by atoms with Crippen LogP contribution >= 0.6 is 11.6 Å². The molecule has 1 aliphatic rings. The van der Waals surface area contributed by atoms with Crippen molar-refractivity contribution in [1.82, 2.24) is 5.32 Å². The standard InChI is InChI=1S/C14H15ClN2/c15-12-4-5-13-11(10-12)2-1-3-14(13)17-8-6-16-7-9-17/h1-5,10,16H,6-9H2. The van der Waals surface area contributed by atoms with Crippen molar-refractivity contribution in [2.24, 2.45) is 0 Å². The van der Waals surface area contributed by atoms with Crippen LogP contribution in [0, 0.1) is 0 Å². The number of rotatable bonds is 1.